The Morgan fingerprint density at radius 2 is 1.88 bits per heavy atom. The van der Waals surface area contributed by atoms with Crippen LogP contribution in [0.5, 0.6) is 0 Å². The molecule has 1 aliphatic heterocycles. The lowest BCUT2D eigenvalue weighted by atomic mass is 9.99. The summed E-state index contributed by atoms with van der Waals surface area (Å²) in [6.07, 6.45) is -2.34. The number of halogens is 4. The highest BCUT2D eigenvalue weighted by Gasteiger charge is 2.35. The van der Waals surface area contributed by atoms with Gasteiger partial charge in [-0.2, -0.15) is 13.2 Å². The van der Waals surface area contributed by atoms with E-state index in [0.29, 0.717) is 35.9 Å². The first-order chi connectivity index (χ1) is 15.2. The molecule has 0 radical (unpaired) electrons. The quantitative estimate of drug-likeness (QED) is 0.473. The Bertz CT molecular complexity index is 1100. The van der Waals surface area contributed by atoms with E-state index in [1.54, 1.807) is 4.90 Å². The number of anilines is 1. The molecule has 5 nitrogen and oxygen atoms in total. The minimum absolute atomic E-state index is 0.295. The van der Waals surface area contributed by atoms with Crippen LogP contribution in [0, 0.1) is 6.92 Å². The summed E-state index contributed by atoms with van der Waals surface area (Å²) in [6, 6.07) is 11.2. The van der Waals surface area contributed by atoms with Gasteiger partial charge in [0.2, 0.25) is 0 Å². The minimum atomic E-state index is -4.42. The third-order valence-electron chi connectivity index (χ3n) is 5.59. The standard InChI is InChI=1S/C23H21ClF3N3O2/c1-14-19(13-15-4-8-17(24)9-5-15)21(32-29-14)20-3-2-12-30(20)22(31)28-18-10-6-16(7-11-18)23(25,26)27/h4-11,20H,2-3,12-13H2,1H3,(H,28,31). The topological polar surface area (TPSA) is 58.4 Å². The number of carbonyl (C=O) groups is 1. The van der Waals surface area contributed by atoms with E-state index in [2.05, 4.69) is 10.5 Å². The highest BCUT2D eigenvalue weighted by atomic mass is 35.5. The van der Waals surface area contributed by atoms with Crippen molar-refractivity contribution < 1.29 is 22.5 Å². The SMILES string of the molecule is Cc1noc(C2CCCN2C(=O)Nc2ccc(C(F)(F)F)cc2)c1Cc1ccc(Cl)cc1. The predicted octanol–water partition coefficient (Wildman–Crippen LogP) is 6.62. The molecule has 1 atom stereocenters. The second-order valence-electron chi connectivity index (χ2n) is 7.77. The number of aryl methyl sites for hydroxylation is 1. The maximum Gasteiger partial charge on any atom is 0.416 e. The molecule has 0 aliphatic carbocycles. The Hall–Kier alpha value is -3.00. The van der Waals surface area contributed by atoms with E-state index >= 15 is 0 Å². The summed E-state index contributed by atoms with van der Waals surface area (Å²) in [5.41, 5.74) is 2.25. The smallest absolute Gasteiger partial charge is 0.359 e. The molecule has 0 bridgehead atoms. The van der Waals surface area contributed by atoms with Gasteiger partial charge in [-0.25, -0.2) is 4.79 Å². The van der Waals surface area contributed by atoms with Gasteiger partial charge in [0.05, 0.1) is 17.3 Å². The van der Waals surface area contributed by atoms with Crippen molar-refractivity contribution in [2.45, 2.75) is 38.4 Å². The number of benzene rings is 2. The van der Waals surface area contributed by atoms with Crippen molar-refractivity contribution in [3.05, 3.63) is 81.7 Å². The number of urea groups is 1. The van der Waals surface area contributed by atoms with Gasteiger partial charge in [0.15, 0.2) is 5.76 Å². The normalized spacial score (nSPS) is 16.4. The molecular weight excluding hydrogens is 443 g/mol. The van der Waals surface area contributed by atoms with Crippen molar-refractivity contribution in [2.75, 3.05) is 11.9 Å². The van der Waals surface area contributed by atoms with Crippen molar-refractivity contribution in [3.8, 4) is 0 Å². The molecule has 4 rings (SSSR count). The minimum Gasteiger partial charge on any atom is -0.359 e. The lowest BCUT2D eigenvalue weighted by molar-refractivity contribution is -0.137. The van der Waals surface area contributed by atoms with Gasteiger partial charge in [-0.1, -0.05) is 28.9 Å². The zero-order chi connectivity index (χ0) is 22.9. The van der Waals surface area contributed by atoms with Crippen LogP contribution in [0.4, 0.5) is 23.7 Å². The van der Waals surface area contributed by atoms with Gasteiger partial charge in [-0.3, -0.25) is 0 Å². The Kier molecular flexibility index (Phi) is 6.15. The molecule has 32 heavy (non-hydrogen) atoms. The van der Waals surface area contributed by atoms with Crippen LogP contribution in [0.3, 0.4) is 0 Å². The van der Waals surface area contributed by atoms with Crippen LogP contribution >= 0.6 is 11.6 Å². The lowest BCUT2D eigenvalue weighted by Crippen LogP contribution is -2.34. The lowest BCUT2D eigenvalue weighted by Gasteiger charge is -2.24. The molecular formula is C23H21ClF3N3O2. The zero-order valence-electron chi connectivity index (χ0n) is 17.2. The van der Waals surface area contributed by atoms with Crippen LogP contribution < -0.4 is 5.32 Å². The van der Waals surface area contributed by atoms with Crippen LogP contribution in [0.25, 0.3) is 0 Å². The van der Waals surface area contributed by atoms with E-state index < -0.39 is 17.8 Å². The largest absolute Gasteiger partial charge is 0.416 e. The second-order valence-corrected chi connectivity index (χ2v) is 8.21. The van der Waals surface area contributed by atoms with Crippen molar-refractivity contribution in [3.63, 3.8) is 0 Å². The van der Waals surface area contributed by atoms with Crippen molar-refractivity contribution >= 4 is 23.3 Å². The van der Waals surface area contributed by atoms with E-state index in [4.69, 9.17) is 16.1 Å². The summed E-state index contributed by atoms with van der Waals surface area (Å²) >= 11 is 5.97. The van der Waals surface area contributed by atoms with Crippen LogP contribution in [-0.4, -0.2) is 22.6 Å². The van der Waals surface area contributed by atoms with Gasteiger partial charge in [0.1, 0.15) is 0 Å². The molecule has 1 N–H and O–H groups in total. The molecule has 2 aromatic carbocycles. The zero-order valence-corrected chi connectivity index (χ0v) is 18.0. The van der Waals surface area contributed by atoms with E-state index in [9.17, 15) is 18.0 Å². The Balaban J connectivity index is 1.51. The fourth-order valence-corrected chi connectivity index (χ4v) is 4.04. The molecule has 2 heterocycles. The number of rotatable bonds is 4. The number of hydrogen-bond acceptors (Lipinski definition) is 3. The molecule has 0 saturated carbocycles. The molecule has 9 heteroatoms. The van der Waals surface area contributed by atoms with Gasteiger partial charge in [0.25, 0.3) is 0 Å². The second kappa shape index (κ2) is 8.86. The molecule has 1 unspecified atom stereocenters. The van der Waals surface area contributed by atoms with E-state index in [-0.39, 0.29) is 6.04 Å². The van der Waals surface area contributed by atoms with E-state index in [1.165, 1.54) is 12.1 Å². The molecule has 3 aromatic rings. The van der Waals surface area contributed by atoms with Gasteiger partial charge >= 0.3 is 12.2 Å². The number of likely N-dealkylation sites (tertiary alicyclic amines) is 1. The predicted molar refractivity (Wildman–Crippen MR) is 115 cm³/mol. The van der Waals surface area contributed by atoms with Crippen LogP contribution in [0.2, 0.25) is 5.02 Å². The maximum absolute atomic E-state index is 12.9. The molecule has 168 valence electrons. The van der Waals surface area contributed by atoms with Gasteiger partial charge in [0, 0.05) is 29.2 Å². The number of nitrogens with one attached hydrogen (secondary N) is 1. The molecule has 1 saturated heterocycles. The first kappa shape index (κ1) is 22.2. The van der Waals surface area contributed by atoms with Gasteiger partial charge in [-0.15, -0.1) is 0 Å². The van der Waals surface area contributed by atoms with Crippen LogP contribution in [0.15, 0.2) is 53.1 Å². The average Bonchev–Trinajstić information content (AvgIpc) is 3.36. The van der Waals surface area contributed by atoms with Gasteiger partial charge in [-0.05, 0) is 61.7 Å². The summed E-state index contributed by atoms with van der Waals surface area (Å²) in [7, 11) is 0. The summed E-state index contributed by atoms with van der Waals surface area (Å²) in [4.78, 5) is 14.6. The summed E-state index contributed by atoms with van der Waals surface area (Å²) in [5.74, 6) is 0.637. The number of carbonyl (C=O) groups excluding carboxylic acids is 1. The first-order valence-corrected chi connectivity index (χ1v) is 10.5. The molecule has 1 aromatic heterocycles. The third-order valence-corrected chi connectivity index (χ3v) is 5.84. The van der Waals surface area contributed by atoms with E-state index in [0.717, 1.165) is 35.4 Å². The number of nitrogens with zero attached hydrogens (tertiary/aromatic N) is 2. The van der Waals surface area contributed by atoms with Crippen molar-refractivity contribution in [2.24, 2.45) is 0 Å². The number of amides is 2. The fraction of sp³-hybridized carbons (Fsp3) is 0.304. The molecule has 0 spiro atoms. The molecule has 1 aliphatic rings. The highest BCUT2D eigenvalue weighted by Crippen LogP contribution is 2.36. The number of hydrogen-bond donors (Lipinski definition) is 1. The Morgan fingerprint density at radius 3 is 2.53 bits per heavy atom. The first-order valence-electron chi connectivity index (χ1n) is 10.2. The van der Waals surface area contributed by atoms with Crippen LogP contribution in [-0.2, 0) is 12.6 Å². The molecule has 2 amide bonds. The summed E-state index contributed by atoms with van der Waals surface area (Å²) in [6.45, 7) is 2.37. The van der Waals surface area contributed by atoms with Gasteiger partial charge < -0.3 is 14.7 Å². The number of alkyl halides is 3. The fourth-order valence-electron chi connectivity index (χ4n) is 3.91. The summed E-state index contributed by atoms with van der Waals surface area (Å²) < 4.78 is 43.9. The third kappa shape index (κ3) is 4.75. The highest BCUT2D eigenvalue weighted by molar-refractivity contribution is 6.30. The van der Waals surface area contributed by atoms with Crippen LogP contribution in [0.1, 0.15) is 47.0 Å². The van der Waals surface area contributed by atoms with Crippen molar-refractivity contribution in [1.29, 1.82) is 0 Å². The van der Waals surface area contributed by atoms with E-state index in [1.807, 2.05) is 31.2 Å². The number of aromatic nitrogens is 1. The average molecular weight is 464 g/mol. The Morgan fingerprint density at radius 1 is 1.19 bits per heavy atom. The van der Waals surface area contributed by atoms with Crippen molar-refractivity contribution in [1.82, 2.24) is 10.1 Å². The molecule has 1 fully saturated rings. The Labute approximate surface area is 188 Å². The monoisotopic (exact) mass is 463 g/mol. The summed E-state index contributed by atoms with van der Waals surface area (Å²) in [5, 5.41) is 7.46. The maximum atomic E-state index is 12.9.